The lowest BCUT2D eigenvalue weighted by Crippen LogP contribution is -2.05. The summed E-state index contributed by atoms with van der Waals surface area (Å²) in [5.74, 6) is 0. The molecule has 0 fully saturated rings. The quantitative estimate of drug-likeness (QED) is 0.448. The number of hydrazone groups is 1. The number of hydrogen-bond acceptors (Lipinski definition) is 2. The van der Waals surface area contributed by atoms with Gasteiger partial charge in [-0.05, 0) is 6.08 Å². The molecular weight excluding hydrogens is 88.1 g/mol. The predicted octanol–water partition coefficient (Wildman–Crippen LogP) is -0.0189. The lowest BCUT2D eigenvalue weighted by atomic mass is 10.5. The molecule has 1 heterocycles. The Morgan fingerprint density at radius 3 is 3.14 bits per heavy atom. The van der Waals surface area contributed by atoms with E-state index in [1.54, 1.807) is 12.4 Å². The molecule has 0 spiro atoms. The van der Waals surface area contributed by atoms with Crippen molar-refractivity contribution in [2.75, 3.05) is 0 Å². The molecule has 0 saturated carbocycles. The van der Waals surface area contributed by atoms with Crippen LogP contribution in [0.4, 0.5) is 0 Å². The summed E-state index contributed by atoms with van der Waals surface area (Å²) in [6.45, 7) is 0. The van der Waals surface area contributed by atoms with Gasteiger partial charge in [-0.15, -0.1) is 5.43 Å². The van der Waals surface area contributed by atoms with Crippen LogP contribution in [0.5, 0.6) is 0 Å². The van der Waals surface area contributed by atoms with Gasteiger partial charge in [-0.3, -0.25) is 0 Å². The van der Waals surface area contributed by atoms with E-state index in [0.29, 0.717) is 0 Å². The summed E-state index contributed by atoms with van der Waals surface area (Å²) in [5, 5.41) is 3.72. The van der Waals surface area contributed by atoms with Gasteiger partial charge in [0.05, 0.1) is 6.20 Å². The van der Waals surface area contributed by atoms with Crippen LogP contribution in [0.15, 0.2) is 24.4 Å². The van der Waals surface area contributed by atoms with Gasteiger partial charge in [-0.1, -0.05) is 6.08 Å². The number of hydrogen-bond donors (Lipinski definition) is 1. The number of nitrogens with zero attached hydrogens (tertiary/aromatic N) is 1. The van der Waals surface area contributed by atoms with E-state index >= 15 is 0 Å². The Morgan fingerprint density at radius 2 is 2.14 bits per heavy atom. The fourth-order valence-corrected chi connectivity index (χ4v) is 0.342. The molecule has 0 aromatic rings. The van der Waals surface area contributed by atoms with Gasteiger partial charge in [0.25, 0.3) is 6.21 Å². The Morgan fingerprint density at radius 1 is 1.14 bits per heavy atom. The lowest BCUT2D eigenvalue weighted by molar-refractivity contribution is 0.875. The third-order valence-corrected chi connectivity index (χ3v) is 0.628. The van der Waals surface area contributed by atoms with E-state index in [2.05, 4.69) is 10.5 Å². The highest BCUT2D eigenvalue weighted by atomic mass is 15.3. The zero-order valence-electron chi connectivity index (χ0n) is 3.83. The third kappa shape index (κ3) is 1.22. The zero-order chi connectivity index (χ0) is 4.95. The van der Waals surface area contributed by atoms with E-state index in [-0.39, 0.29) is 0 Å². The summed E-state index contributed by atoms with van der Waals surface area (Å²) < 4.78 is 0. The molecule has 35 valence electrons. The molecule has 0 saturated heterocycles. The van der Waals surface area contributed by atoms with Crippen molar-refractivity contribution in [2.24, 2.45) is 0 Å². The van der Waals surface area contributed by atoms with Gasteiger partial charge >= 0.3 is 0 Å². The largest absolute Gasteiger partial charge is 0.275 e. The highest BCUT2D eigenvalue weighted by Gasteiger charge is 1.82. The number of rotatable bonds is 0. The van der Waals surface area contributed by atoms with Gasteiger partial charge in [-0.2, -0.15) is 0 Å². The molecule has 0 aromatic carbocycles. The van der Waals surface area contributed by atoms with Gasteiger partial charge in [-0.25, -0.2) is 0 Å². The molecule has 1 radical (unpaired) electrons. The van der Waals surface area contributed by atoms with E-state index in [4.69, 9.17) is 0 Å². The normalized spacial score (nSPS) is 16.0. The molecule has 1 rings (SSSR count). The summed E-state index contributed by atoms with van der Waals surface area (Å²) in [5.41, 5.74) is 2.67. The molecule has 0 aliphatic carbocycles. The Balaban J connectivity index is 2.60. The van der Waals surface area contributed by atoms with E-state index in [1.807, 2.05) is 18.2 Å². The van der Waals surface area contributed by atoms with Crippen LogP contribution in [-0.4, -0.2) is 6.21 Å². The van der Waals surface area contributed by atoms with Crippen molar-refractivity contribution >= 4 is 6.21 Å². The molecule has 0 amide bonds. The smallest absolute Gasteiger partial charge is 0.108 e. The second-order valence-electron chi connectivity index (χ2n) is 1.15. The first-order valence-corrected chi connectivity index (χ1v) is 2.10. The van der Waals surface area contributed by atoms with E-state index in [1.165, 1.54) is 0 Å². The Kier molecular flexibility index (Phi) is 1.28. The van der Waals surface area contributed by atoms with Crippen LogP contribution >= 0.6 is 0 Å². The average Bonchev–Trinajstić information content (AvgIpc) is 1.90. The van der Waals surface area contributed by atoms with Crippen molar-refractivity contribution in [2.45, 2.75) is 0 Å². The van der Waals surface area contributed by atoms with E-state index in [9.17, 15) is 0 Å². The fourth-order valence-electron chi connectivity index (χ4n) is 0.342. The molecular formula is C5H6N2+. The third-order valence-electron chi connectivity index (χ3n) is 0.628. The van der Waals surface area contributed by atoms with Gasteiger partial charge in [0.15, 0.2) is 5.10 Å². The Labute approximate surface area is 42.2 Å². The van der Waals surface area contributed by atoms with E-state index < -0.39 is 0 Å². The standard InChI is InChI=1S/C5H6N2/c1-2-4-6-7-5-3-1/h1-6H/q+1. The average molecular weight is 94.1 g/mol. The van der Waals surface area contributed by atoms with Crippen LogP contribution in [0.1, 0.15) is 0 Å². The minimum atomic E-state index is 1.69. The maximum absolute atomic E-state index is 3.72. The van der Waals surface area contributed by atoms with Crippen molar-refractivity contribution in [3.05, 3.63) is 24.4 Å². The van der Waals surface area contributed by atoms with Crippen molar-refractivity contribution in [1.82, 2.24) is 10.5 Å². The molecule has 1 aliphatic heterocycles. The second kappa shape index (κ2) is 2.18. The number of nitrogens with one attached hydrogen (secondary N) is 1. The molecule has 0 bridgehead atoms. The summed E-state index contributed by atoms with van der Waals surface area (Å²) in [7, 11) is 0. The lowest BCUT2D eigenvalue weighted by Gasteiger charge is -1.62. The van der Waals surface area contributed by atoms with Gasteiger partial charge in [0, 0.05) is 6.08 Å². The molecule has 0 atom stereocenters. The molecule has 1 N–H and O–H groups in total. The van der Waals surface area contributed by atoms with Crippen LogP contribution in [0.3, 0.4) is 0 Å². The second-order valence-corrected chi connectivity index (χ2v) is 1.15. The SMILES string of the molecule is C1=CC=[N+]NC=C1. The summed E-state index contributed by atoms with van der Waals surface area (Å²) >= 11 is 0. The predicted molar refractivity (Wildman–Crippen MR) is 29.6 cm³/mol. The van der Waals surface area contributed by atoms with Crippen LogP contribution in [0.2, 0.25) is 0 Å². The van der Waals surface area contributed by atoms with Crippen molar-refractivity contribution in [1.29, 1.82) is 0 Å². The first-order chi connectivity index (χ1) is 3.50. The minimum absolute atomic E-state index is 1.69. The topological polar surface area (TPSA) is 26.1 Å². The highest BCUT2D eigenvalue weighted by Crippen LogP contribution is 1.71. The molecule has 2 heteroatoms. The Bertz CT molecular complexity index is 108. The van der Waals surface area contributed by atoms with Crippen LogP contribution < -0.4 is 10.5 Å². The molecule has 1 aliphatic rings. The number of allylic oxidation sites excluding steroid dienone is 3. The highest BCUT2D eigenvalue weighted by molar-refractivity contribution is 5.70. The maximum Gasteiger partial charge on any atom is 0.275 e. The maximum atomic E-state index is 3.72. The Hall–Kier alpha value is -1.05. The van der Waals surface area contributed by atoms with Crippen LogP contribution in [-0.2, 0) is 0 Å². The summed E-state index contributed by atoms with van der Waals surface area (Å²) in [6, 6.07) is 0. The van der Waals surface area contributed by atoms with Crippen molar-refractivity contribution in [3.8, 4) is 0 Å². The van der Waals surface area contributed by atoms with Crippen molar-refractivity contribution < 1.29 is 0 Å². The summed E-state index contributed by atoms with van der Waals surface area (Å²) in [6.07, 6.45) is 9.10. The molecule has 0 unspecified atom stereocenters. The van der Waals surface area contributed by atoms with Crippen LogP contribution in [0.25, 0.3) is 0 Å². The molecule has 7 heavy (non-hydrogen) atoms. The molecule has 2 nitrogen and oxygen atoms in total. The van der Waals surface area contributed by atoms with Gasteiger partial charge in [0.2, 0.25) is 0 Å². The van der Waals surface area contributed by atoms with E-state index in [0.717, 1.165) is 0 Å². The van der Waals surface area contributed by atoms with Gasteiger partial charge in [0.1, 0.15) is 0 Å². The zero-order valence-corrected chi connectivity index (χ0v) is 3.83. The molecule has 0 aromatic heterocycles. The van der Waals surface area contributed by atoms with Crippen molar-refractivity contribution in [3.63, 3.8) is 0 Å². The summed E-state index contributed by atoms with van der Waals surface area (Å²) in [4.78, 5) is 0. The monoisotopic (exact) mass is 94.1 g/mol. The first kappa shape index (κ1) is 4.12. The minimum Gasteiger partial charge on any atom is -0.108 e. The fraction of sp³-hybridized carbons (Fsp3) is 0. The first-order valence-electron chi connectivity index (χ1n) is 2.10. The van der Waals surface area contributed by atoms with Gasteiger partial charge < -0.3 is 0 Å². The van der Waals surface area contributed by atoms with Crippen LogP contribution in [0, 0.1) is 0 Å².